The molecule has 116 valence electrons. The molecule has 1 fully saturated rings. The number of amides is 1. The largest absolute Gasteiger partial charge is 0.397 e. The van der Waals surface area contributed by atoms with Gasteiger partial charge in [0.2, 0.25) is 5.91 Å². The van der Waals surface area contributed by atoms with E-state index in [2.05, 4.69) is 10.2 Å². The number of carbonyl (C=O) groups excluding carboxylic acids is 1. The predicted octanol–water partition coefficient (Wildman–Crippen LogP) is 3.08. The smallest absolute Gasteiger partial charge is 0.224 e. The van der Waals surface area contributed by atoms with Crippen molar-refractivity contribution < 1.29 is 4.79 Å². The van der Waals surface area contributed by atoms with E-state index in [0.29, 0.717) is 22.8 Å². The van der Waals surface area contributed by atoms with Crippen molar-refractivity contribution in [1.29, 1.82) is 0 Å². The molecule has 1 aromatic rings. The van der Waals surface area contributed by atoms with Crippen LogP contribution in [0, 0.1) is 0 Å². The molecule has 4 nitrogen and oxygen atoms in total. The number of hydrogen-bond donors (Lipinski definition) is 2. The van der Waals surface area contributed by atoms with Gasteiger partial charge < -0.3 is 16.0 Å². The maximum atomic E-state index is 11.9. The number of anilines is 2. The molecule has 1 saturated heterocycles. The van der Waals surface area contributed by atoms with Crippen molar-refractivity contribution in [2.24, 2.45) is 0 Å². The van der Waals surface area contributed by atoms with Gasteiger partial charge in [0.15, 0.2) is 0 Å². The Hall–Kier alpha value is -0.910. The Balaban J connectivity index is 1.70. The summed E-state index contributed by atoms with van der Waals surface area (Å²) in [5.74, 6) is 2.49. The molecule has 0 spiro atoms. The highest BCUT2D eigenvalue weighted by atomic mass is 35.5. The van der Waals surface area contributed by atoms with Gasteiger partial charge in [0.05, 0.1) is 10.7 Å². The normalized spacial score (nSPS) is 16.4. The van der Waals surface area contributed by atoms with Crippen molar-refractivity contribution in [3.8, 4) is 0 Å². The first-order chi connectivity index (χ1) is 10.1. The number of hydrogen-bond acceptors (Lipinski definition) is 4. The van der Waals surface area contributed by atoms with Gasteiger partial charge in [-0.1, -0.05) is 11.6 Å². The maximum absolute atomic E-state index is 11.9. The Bertz CT molecular complexity index is 476. The van der Waals surface area contributed by atoms with Crippen molar-refractivity contribution in [3.05, 3.63) is 23.2 Å². The molecule has 0 saturated carbocycles. The average molecular weight is 328 g/mol. The van der Waals surface area contributed by atoms with Gasteiger partial charge in [0, 0.05) is 24.4 Å². The molecule has 3 N–H and O–H groups in total. The second-order valence-corrected chi connectivity index (χ2v) is 6.83. The zero-order chi connectivity index (χ0) is 15.1. The average Bonchev–Trinajstić information content (AvgIpc) is 2.72. The van der Waals surface area contributed by atoms with Crippen molar-refractivity contribution in [1.82, 2.24) is 4.90 Å². The van der Waals surface area contributed by atoms with Crippen LogP contribution in [-0.4, -0.2) is 41.9 Å². The lowest BCUT2D eigenvalue weighted by molar-refractivity contribution is -0.116. The quantitative estimate of drug-likeness (QED) is 0.816. The van der Waals surface area contributed by atoms with Crippen LogP contribution in [0.5, 0.6) is 0 Å². The minimum atomic E-state index is 0.0286. The molecule has 0 unspecified atom stereocenters. The fourth-order valence-corrected chi connectivity index (χ4v) is 3.37. The zero-order valence-electron chi connectivity index (χ0n) is 12.1. The van der Waals surface area contributed by atoms with E-state index >= 15 is 0 Å². The molecule has 0 aliphatic carbocycles. The summed E-state index contributed by atoms with van der Waals surface area (Å²) in [6.07, 6.45) is 2.67. The molecular formula is C15H22ClN3OS. The van der Waals surface area contributed by atoms with E-state index in [1.807, 2.05) is 11.8 Å². The van der Waals surface area contributed by atoms with Gasteiger partial charge in [-0.3, -0.25) is 4.79 Å². The lowest BCUT2D eigenvalue weighted by Crippen LogP contribution is -2.27. The summed E-state index contributed by atoms with van der Waals surface area (Å²) >= 11 is 7.88. The second kappa shape index (κ2) is 8.51. The van der Waals surface area contributed by atoms with Gasteiger partial charge in [-0.2, -0.15) is 11.8 Å². The summed E-state index contributed by atoms with van der Waals surface area (Å²) in [5.41, 5.74) is 6.90. The van der Waals surface area contributed by atoms with Crippen molar-refractivity contribution in [3.63, 3.8) is 0 Å². The highest BCUT2D eigenvalue weighted by molar-refractivity contribution is 7.99. The first kappa shape index (κ1) is 16.5. The highest BCUT2D eigenvalue weighted by Crippen LogP contribution is 2.22. The molecule has 0 bridgehead atoms. The molecule has 2 rings (SSSR count). The van der Waals surface area contributed by atoms with Gasteiger partial charge in [0.1, 0.15) is 0 Å². The maximum Gasteiger partial charge on any atom is 0.224 e. The first-order valence-corrected chi connectivity index (χ1v) is 8.83. The van der Waals surface area contributed by atoms with Gasteiger partial charge in [-0.25, -0.2) is 0 Å². The molecule has 0 aromatic heterocycles. The monoisotopic (exact) mass is 327 g/mol. The van der Waals surface area contributed by atoms with E-state index in [0.717, 1.165) is 26.1 Å². The third kappa shape index (κ3) is 5.77. The van der Waals surface area contributed by atoms with Crippen molar-refractivity contribution >= 4 is 40.6 Å². The van der Waals surface area contributed by atoms with Crippen LogP contribution in [0.4, 0.5) is 11.4 Å². The standard InChI is InChI=1S/C15H22ClN3OS/c16-13-5-4-12(11-14(13)17)18-15(20)3-1-6-19-7-2-9-21-10-8-19/h4-5,11H,1-3,6-10,17H2,(H,18,20). The van der Waals surface area contributed by atoms with Gasteiger partial charge in [-0.05, 0) is 49.9 Å². The van der Waals surface area contributed by atoms with E-state index in [1.54, 1.807) is 18.2 Å². The molecule has 1 aliphatic heterocycles. The Morgan fingerprint density at radius 2 is 2.24 bits per heavy atom. The minimum Gasteiger partial charge on any atom is -0.397 e. The number of halogens is 1. The summed E-state index contributed by atoms with van der Waals surface area (Å²) in [6.45, 7) is 3.29. The second-order valence-electron chi connectivity index (χ2n) is 5.20. The minimum absolute atomic E-state index is 0.0286. The predicted molar refractivity (Wildman–Crippen MR) is 92.1 cm³/mol. The van der Waals surface area contributed by atoms with Crippen LogP contribution in [0.25, 0.3) is 0 Å². The summed E-state index contributed by atoms with van der Waals surface area (Å²) in [4.78, 5) is 14.4. The fourth-order valence-electron chi connectivity index (χ4n) is 2.33. The molecule has 0 radical (unpaired) electrons. The third-order valence-corrected chi connectivity index (χ3v) is 4.87. The van der Waals surface area contributed by atoms with Crippen molar-refractivity contribution in [2.45, 2.75) is 19.3 Å². The van der Waals surface area contributed by atoms with Crippen molar-refractivity contribution in [2.75, 3.05) is 42.2 Å². The summed E-state index contributed by atoms with van der Waals surface area (Å²) in [7, 11) is 0. The number of nitrogens with zero attached hydrogens (tertiary/aromatic N) is 1. The van der Waals surface area contributed by atoms with E-state index in [9.17, 15) is 4.79 Å². The first-order valence-electron chi connectivity index (χ1n) is 7.30. The number of carbonyl (C=O) groups is 1. The third-order valence-electron chi connectivity index (χ3n) is 3.47. The van der Waals surface area contributed by atoms with Gasteiger partial charge >= 0.3 is 0 Å². The van der Waals surface area contributed by atoms with Crippen LogP contribution >= 0.6 is 23.4 Å². The number of nitrogens with two attached hydrogens (primary N) is 1. The molecule has 0 atom stereocenters. The van der Waals surface area contributed by atoms with E-state index in [-0.39, 0.29) is 5.91 Å². The molecule has 1 aliphatic rings. The Labute approximate surface area is 135 Å². The number of nitrogen functional groups attached to an aromatic ring is 1. The Morgan fingerprint density at radius 1 is 1.38 bits per heavy atom. The van der Waals surface area contributed by atoms with E-state index in [1.165, 1.54) is 17.9 Å². The fraction of sp³-hybridized carbons (Fsp3) is 0.533. The van der Waals surface area contributed by atoms with E-state index < -0.39 is 0 Å². The Kier molecular flexibility index (Phi) is 6.67. The zero-order valence-corrected chi connectivity index (χ0v) is 13.7. The Morgan fingerprint density at radius 3 is 3.05 bits per heavy atom. The highest BCUT2D eigenvalue weighted by Gasteiger charge is 2.10. The van der Waals surface area contributed by atoms with Crippen LogP contribution in [0.3, 0.4) is 0 Å². The number of nitrogens with one attached hydrogen (secondary N) is 1. The molecule has 21 heavy (non-hydrogen) atoms. The van der Waals surface area contributed by atoms with Crippen LogP contribution < -0.4 is 11.1 Å². The molecule has 1 aromatic carbocycles. The van der Waals surface area contributed by atoms with Crippen LogP contribution in [0.15, 0.2) is 18.2 Å². The van der Waals surface area contributed by atoms with Gasteiger partial charge in [-0.15, -0.1) is 0 Å². The van der Waals surface area contributed by atoms with Crippen LogP contribution in [-0.2, 0) is 4.79 Å². The lowest BCUT2D eigenvalue weighted by Gasteiger charge is -2.18. The molecule has 6 heteroatoms. The molecule has 1 heterocycles. The molecule has 1 amide bonds. The van der Waals surface area contributed by atoms with Gasteiger partial charge in [0.25, 0.3) is 0 Å². The summed E-state index contributed by atoms with van der Waals surface area (Å²) < 4.78 is 0. The van der Waals surface area contributed by atoms with Crippen LogP contribution in [0.2, 0.25) is 5.02 Å². The molecular weight excluding hydrogens is 306 g/mol. The number of rotatable bonds is 5. The lowest BCUT2D eigenvalue weighted by atomic mass is 10.2. The summed E-state index contributed by atoms with van der Waals surface area (Å²) in [6, 6.07) is 5.15. The number of thioether (sulfide) groups is 1. The SMILES string of the molecule is Nc1cc(NC(=O)CCCN2CCCSCC2)ccc1Cl. The summed E-state index contributed by atoms with van der Waals surface area (Å²) in [5, 5.41) is 3.37. The van der Waals surface area contributed by atoms with E-state index in [4.69, 9.17) is 17.3 Å². The topological polar surface area (TPSA) is 58.4 Å². The van der Waals surface area contributed by atoms with Crippen LogP contribution in [0.1, 0.15) is 19.3 Å². The number of benzene rings is 1.